The van der Waals surface area contributed by atoms with Crippen molar-refractivity contribution in [2.24, 2.45) is 0 Å². The van der Waals surface area contributed by atoms with E-state index in [1.807, 2.05) is 36.6 Å². The van der Waals surface area contributed by atoms with Gasteiger partial charge in [0.2, 0.25) is 0 Å². The van der Waals surface area contributed by atoms with Gasteiger partial charge in [-0.2, -0.15) is 0 Å². The number of imidazole rings is 1. The van der Waals surface area contributed by atoms with Crippen molar-refractivity contribution in [2.75, 3.05) is 0 Å². The topological polar surface area (TPSA) is 55.1 Å². The van der Waals surface area contributed by atoms with E-state index in [4.69, 9.17) is 5.11 Å². The average Bonchev–Trinajstić information content (AvgIpc) is 3.02. The molecule has 0 aliphatic rings. The Morgan fingerprint density at radius 1 is 1.43 bits per heavy atom. The number of aromatic nitrogens is 2. The summed E-state index contributed by atoms with van der Waals surface area (Å²) in [5.74, 6) is 0.0476. The zero-order valence-corrected chi connectivity index (χ0v) is 12.3. The summed E-state index contributed by atoms with van der Waals surface area (Å²) >= 11 is 1.62. The van der Waals surface area contributed by atoms with E-state index in [1.165, 1.54) is 4.88 Å². The molecule has 0 amide bonds. The molecule has 0 atom stereocenters. The predicted octanol–water partition coefficient (Wildman–Crippen LogP) is 3.55. The molecule has 2 aromatic heterocycles. The second kappa shape index (κ2) is 5.54. The molecule has 0 saturated carbocycles. The highest BCUT2D eigenvalue weighted by Crippen LogP contribution is 2.21. The molecule has 2 heterocycles. The van der Waals surface area contributed by atoms with Gasteiger partial charge in [-0.15, -0.1) is 11.3 Å². The van der Waals surface area contributed by atoms with Crippen LogP contribution in [0.5, 0.6) is 0 Å². The number of hydrogen-bond acceptors (Lipinski definition) is 3. The first-order valence-corrected chi connectivity index (χ1v) is 7.42. The number of nitrogens with zero attached hydrogens (tertiary/aromatic N) is 2. The van der Waals surface area contributed by atoms with E-state index in [9.17, 15) is 4.79 Å². The third kappa shape index (κ3) is 2.87. The molecule has 0 fully saturated rings. The molecule has 1 aromatic carbocycles. The molecule has 5 heteroatoms. The van der Waals surface area contributed by atoms with Crippen molar-refractivity contribution < 1.29 is 9.90 Å². The lowest BCUT2D eigenvalue weighted by Crippen LogP contribution is -2.00. The normalized spacial score (nSPS) is 11.5. The van der Waals surface area contributed by atoms with Gasteiger partial charge in [-0.05, 0) is 42.1 Å². The number of carboxylic acids is 1. The standard InChI is InChI=1S/C16H14N2O2S/c1-11-17-14-4-2-3-5-15(14)18(11)9-13-8-12(10-21-13)6-7-16(19)20/h2-8,10H,9H2,1H3,(H,19,20). The number of carbonyl (C=O) groups is 1. The van der Waals surface area contributed by atoms with Crippen molar-refractivity contribution in [3.63, 3.8) is 0 Å². The fourth-order valence-electron chi connectivity index (χ4n) is 2.29. The van der Waals surface area contributed by atoms with E-state index in [2.05, 4.69) is 15.6 Å². The number of hydrogen-bond donors (Lipinski definition) is 1. The summed E-state index contributed by atoms with van der Waals surface area (Å²) < 4.78 is 2.17. The van der Waals surface area contributed by atoms with Crippen LogP contribution in [0.1, 0.15) is 16.3 Å². The number of aliphatic carboxylic acids is 1. The molecule has 21 heavy (non-hydrogen) atoms. The van der Waals surface area contributed by atoms with Crippen molar-refractivity contribution in [1.82, 2.24) is 9.55 Å². The fourth-order valence-corrected chi connectivity index (χ4v) is 3.13. The molecular weight excluding hydrogens is 284 g/mol. The van der Waals surface area contributed by atoms with Gasteiger partial charge in [0.1, 0.15) is 5.82 Å². The summed E-state index contributed by atoms with van der Waals surface area (Å²) in [6, 6.07) is 10.1. The van der Waals surface area contributed by atoms with Crippen LogP contribution in [0.3, 0.4) is 0 Å². The SMILES string of the molecule is Cc1nc2ccccc2n1Cc1cc(C=CC(=O)O)cs1. The maximum absolute atomic E-state index is 10.5. The van der Waals surface area contributed by atoms with E-state index >= 15 is 0 Å². The Bertz CT molecular complexity index is 830. The van der Waals surface area contributed by atoms with Crippen LogP contribution in [0.25, 0.3) is 17.1 Å². The number of benzene rings is 1. The summed E-state index contributed by atoms with van der Waals surface area (Å²) in [7, 11) is 0. The number of carboxylic acid groups (broad SMARTS) is 1. The van der Waals surface area contributed by atoms with Gasteiger partial charge < -0.3 is 9.67 Å². The van der Waals surface area contributed by atoms with E-state index in [0.29, 0.717) is 0 Å². The monoisotopic (exact) mass is 298 g/mol. The summed E-state index contributed by atoms with van der Waals surface area (Å²) in [6.45, 7) is 2.75. The predicted molar refractivity (Wildman–Crippen MR) is 84.6 cm³/mol. The van der Waals surface area contributed by atoms with Crippen molar-refractivity contribution in [3.05, 3.63) is 58.1 Å². The molecule has 3 aromatic rings. The van der Waals surface area contributed by atoms with Gasteiger partial charge in [-0.25, -0.2) is 9.78 Å². The van der Waals surface area contributed by atoms with Gasteiger partial charge in [0.25, 0.3) is 0 Å². The Kier molecular flexibility index (Phi) is 3.58. The van der Waals surface area contributed by atoms with E-state index in [1.54, 1.807) is 17.4 Å². The van der Waals surface area contributed by atoms with Gasteiger partial charge in [0, 0.05) is 11.0 Å². The smallest absolute Gasteiger partial charge is 0.328 e. The van der Waals surface area contributed by atoms with Gasteiger partial charge >= 0.3 is 5.97 Å². The number of rotatable bonds is 4. The Balaban J connectivity index is 1.89. The first-order valence-electron chi connectivity index (χ1n) is 6.54. The highest BCUT2D eigenvalue weighted by atomic mass is 32.1. The molecule has 0 saturated heterocycles. The van der Waals surface area contributed by atoms with Crippen LogP contribution in [0.15, 0.2) is 41.8 Å². The highest BCUT2D eigenvalue weighted by molar-refractivity contribution is 7.10. The maximum Gasteiger partial charge on any atom is 0.328 e. The molecule has 0 spiro atoms. The molecule has 0 aliphatic carbocycles. The molecule has 0 radical (unpaired) electrons. The molecule has 106 valence electrons. The summed E-state index contributed by atoms with van der Waals surface area (Å²) in [4.78, 5) is 16.3. The molecule has 0 unspecified atom stereocenters. The lowest BCUT2D eigenvalue weighted by atomic mass is 10.2. The first kappa shape index (κ1) is 13.6. The minimum atomic E-state index is -0.931. The van der Waals surface area contributed by atoms with Crippen LogP contribution < -0.4 is 0 Å². The zero-order chi connectivity index (χ0) is 14.8. The Morgan fingerprint density at radius 2 is 2.24 bits per heavy atom. The quantitative estimate of drug-likeness (QED) is 0.749. The molecule has 1 N–H and O–H groups in total. The van der Waals surface area contributed by atoms with Crippen molar-refractivity contribution >= 4 is 34.4 Å². The molecule has 4 nitrogen and oxygen atoms in total. The van der Waals surface area contributed by atoms with Gasteiger partial charge in [-0.3, -0.25) is 0 Å². The number of fused-ring (bicyclic) bond motifs is 1. The zero-order valence-electron chi connectivity index (χ0n) is 11.5. The van der Waals surface area contributed by atoms with Crippen LogP contribution in [-0.2, 0) is 11.3 Å². The van der Waals surface area contributed by atoms with Crippen molar-refractivity contribution in [1.29, 1.82) is 0 Å². The van der Waals surface area contributed by atoms with Gasteiger partial charge in [0.05, 0.1) is 17.6 Å². The number of para-hydroxylation sites is 2. The van der Waals surface area contributed by atoms with Crippen molar-refractivity contribution in [2.45, 2.75) is 13.5 Å². The first-order chi connectivity index (χ1) is 10.1. The highest BCUT2D eigenvalue weighted by Gasteiger charge is 2.08. The fraction of sp³-hybridized carbons (Fsp3) is 0.125. The second-order valence-corrected chi connectivity index (χ2v) is 5.75. The van der Waals surface area contributed by atoms with Crippen LogP contribution in [0.2, 0.25) is 0 Å². The second-order valence-electron chi connectivity index (χ2n) is 4.75. The summed E-state index contributed by atoms with van der Waals surface area (Å²) in [6.07, 6.45) is 2.77. The molecule has 0 bridgehead atoms. The molecular formula is C16H14N2O2S. The third-order valence-corrected chi connectivity index (χ3v) is 4.19. The minimum absolute atomic E-state index is 0.748. The van der Waals surface area contributed by atoms with E-state index < -0.39 is 5.97 Å². The summed E-state index contributed by atoms with van der Waals surface area (Å²) in [5.41, 5.74) is 3.03. The van der Waals surface area contributed by atoms with Crippen LogP contribution in [0.4, 0.5) is 0 Å². The number of thiophene rings is 1. The largest absolute Gasteiger partial charge is 0.478 e. The molecule has 0 aliphatic heterocycles. The van der Waals surface area contributed by atoms with Gasteiger partial charge in [-0.1, -0.05) is 12.1 Å². The summed E-state index contributed by atoms with van der Waals surface area (Å²) in [5, 5.41) is 10.6. The Labute approximate surface area is 126 Å². The Hall–Kier alpha value is -2.40. The van der Waals surface area contributed by atoms with E-state index in [0.717, 1.165) is 35.0 Å². The third-order valence-electron chi connectivity index (χ3n) is 3.25. The van der Waals surface area contributed by atoms with Gasteiger partial charge in [0.15, 0.2) is 0 Å². The Morgan fingerprint density at radius 3 is 3.05 bits per heavy atom. The average molecular weight is 298 g/mol. The molecule has 3 rings (SSSR count). The maximum atomic E-state index is 10.5. The lowest BCUT2D eigenvalue weighted by Gasteiger charge is -2.04. The number of aryl methyl sites for hydroxylation is 1. The van der Waals surface area contributed by atoms with Crippen LogP contribution in [-0.4, -0.2) is 20.6 Å². The van der Waals surface area contributed by atoms with Crippen molar-refractivity contribution in [3.8, 4) is 0 Å². The lowest BCUT2D eigenvalue weighted by molar-refractivity contribution is -0.131. The van der Waals surface area contributed by atoms with Crippen LogP contribution in [0, 0.1) is 6.92 Å². The minimum Gasteiger partial charge on any atom is -0.478 e. The van der Waals surface area contributed by atoms with Crippen LogP contribution >= 0.6 is 11.3 Å². The van der Waals surface area contributed by atoms with E-state index in [-0.39, 0.29) is 0 Å².